The van der Waals surface area contributed by atoms with E-state index in [2.05, 4.69) is 0 Å². The molecular weight excluding hydrogens is 416 g/mol. The van der Waals surface area contributed by atoms with Gasteiger partial charge in [-0.25, -0.2) is 0 Å². The highest BCUT2D eigenvalue weighted by molar-refractivity contribution is 5.97. The van der Waals surface area contributed by atoms with E-state index in [1.54, 1.807) is 37.5 Å². The van der Waals surface area contributed by atoms with Crippen LogP contribution < -0.4 is 4.74 Å². The van der Waals surface area contributed by atoms with Crippen LogP contribution in [0.2, 0.25) is 0 Å². The molecule has 0 saturated carbocycles. The summed E-state index contributed by atoms with van der Waals surface area (Å²) in [5.41, 5.74) is 2.47. The number of carbonyl (C=O) groups is 2. The van der Waals surface area contributed by atoms with Crippen molar-refractivity contribution in [3.8, 4) is 11.5 Å². The van der Waals surface area contributed by atoms with Gasteiger partial charge in [0.25, 0.3) is 0 Å². The minimum Gasteiger partial charge on any atom is -0.508 e. The molecule has 0 amide bonds. The van der Waals surface area contributed by atoms with Gasteiger partial charge in [-0.05, 0) is 103 Å². The first-order valence-corrected chi connectivity index (χ1v) is 11.5. The van der Waals surface area contributed by atoms with Crippen LogP contribution in [0.5, 0.6) is 11.5 Å². The molecule has 0 bridgehead atoms. The van der Waals surface area contributed by atoms with Crippen LogP contribution in [-0.2, 0) is 20.7 Å². The topological polar surface area (TPSA) is 72.8 Å². The Morgan fingerprint density at radius 2 is 1.88 bits per heavy atom. The van der Waals surface area contributed by atoms with Gasteiger partial charge in [-0.15, -0.1) is 0 Å². The fraction of sp³-hybridized carbons (Fsp3) is 0.500. The summed E-state index contributed by atoms with van der Waals surface area (Å²) in [6.45, 7) is 11.5. The van der Waals surface area contributed by atoms with Gasteiger partial charge in [0.1, 0.15) is 17.1 Å². The number of aromatic hydroxyl groups is 1. The lowest BCUT2D eigenvalue weighted by atomic mass is 9.87. The number of hydrogen-bond acceptors (Lipinski definition) is 5. The zero-order chi connectivity index (χ0) is 24.8. The quantitative estimate of drug-likeness (QED) is 0.348. The van der Waals surface area contributed by atoms with E-state index >= 15 is 0 Å². The van der Waals surface area contributed by atoms with E-state index in [4.69, 9.17) is 9.47 Å². The van der Waals surface area contributed by atoms with Crippen LogP contribution in [0.1, 0.15) is 71.4 Å². The zero-order valence-corrected chi connectivity index (χ0v) is 21.1. The molecule has 0 aromatic heterocycles. The number of aryl methyl sites for hydroxylation is 1. The lowest BCUT2D eigenvalue weighted by Gasteiger charge is -2.38. The SMILES string of the molecule is COc1c(C)cc(O)cc1C/C=C(\C)CC(=O)/C=C(/C)CCCC1(C)OC(C)(C)C=CC1=O. The molecule has 1 heterocycles. The molecule has 0 radical (unpaired) electrons. The molecule has 33 heavy (non-hydrogen) atoms. The zero-order valence-electron chi connectivity index (χ0n) is 21.1. The highest BCUT2D eigenvalue weighted by Crippen LogP contribution is 2.32. The normalized spacial score (nSPS) is 20.8. The molecule has 0 fully saturated rings. The molecule has 1 aliphatic rings. The summed E-state index contributed by atoms with van der Waals surface area (Å²) >= 11 is 0. The Kier molecular flexibility index (Phi) is 8.84. The van der Waals surface area contributed by atoms with Crippen LogP contribution in [-0.4, -0.2) is 35.0 Å². The molecule has 2 rings (SSSR count). The van der Waals surface area contributed by atoms with Crippen molar-refractivity contribution in [3.63, 3.8) is 0 Å². The van der Waals surface area contributed by atoms with E-state index in [-0.39, 0.29) is 17.3 Å². The Morgan fingerprint density at radius 3 is 2.55 bits per heavy atom. The molecule has 1 N–H and O–H groups in total. The van der Waals surface area contributed by atoms with Crippen molar-refractivity contribution in [1.82, 2.24) is 0 Å². The van der Waals surface area contributed by atoms with Crippen molar-refractivity contribution in [2.75, 3.05) is 7.11 Å². The summed E-state index contributed by atoms with van der Waals surface area (Å²) in [4.78, 5) is 24.8. The summed E-state index contributed by atoms with van der Waals surface area (Å²) in [5, 5.41) is 9.87. The van der Waals surface area contributed by atoms with Crippen LogP contribution in [0.3, 0.4) is 0 Å². The van der Waals surface area contributed by atoms with Gasteiger partial charge >= 0.3 is 0 Å². The number of phenolic OH excluding ortho intramolecular Hbond substituents is 1. The number of carbonyl (C=O) groups excluding carboxylic acids is 2. The molecular formula is C28H38O5. The summed E-state index contributed by atoms with van der Waals surface area (Å²) in [6, 6.07) is 3.36. The maximum atomic E-state index is 12.5. The summed E-state index contributed by atoms with van der Waals surface area (Å²) in [5.74, 6) is 1.02. The first kappa shape index (κ1) is 26.6. The van der Waals surface area contributed by atoms with Gasteiger partial charge in [-0.3, -0.25) is 9.59 Å². The second-order valence-electron chi connectivity index (χ2n) is 9.83. The minimum absolute atomic E-state index is 0.00106. The van der Waals surface area contributed by atoms with Gasteiger partial charge in [0.15, 0.2) is 11.6 Å². The number of phenols is 1. The number of ether oxygens (including phenoxy) is 2. The van der Waals surface area contributed by atoms with E-state index in [1.807, 2.05) is 47.6 Å². The maximum absolute atomic E-state index is 12.5. The predicted octanol–water partition coefficient (Wildman–Crippen LogP) is 5.97. The Balaban J connectivity index is 1.89. The first-order chi connectivity index (χ1) is 15.3. The summed E-state index contributed by atoms with van der Waals surface area (Å²) in [7, 11) is 1.62. The minimum atomic E-state index is -0.812. The van der Waals surface area contributed by atoms with E-state index < -0.39 is 11.2 Å². The monoisotopic (exact) mass is 454 g/mol. The van der Waals surface area contributed by atoms with Gasteiger partial charge < -0.3 is 14.6 Å². The Bertz CT molecular complexity index is 980. The van der Waals surface area contributed by atoms with Crippen molar-refractivity contribution in [3.05, 3.63) is 58.7 Å². The van der Waals surface area contributed by atoms with Crippen LogP contribution in [0, 0.1) is 6.92 Å². The average molecular weight is 455 g/mol. The molecule has 0 spiro atoms. The van der Waals surface area contributed by atoms with Crippen molar-refractivity contribution in [2.45, 2.75) is 84.8 Å². The van der Waals surface area contributed by atoms with Gasteiger partial charge in [-0.2, -0.15) is 0 Å². The number of rotatable bonds is 10. The highest BCUT2D eigenvalue weighted by atomic mass is 16.5. The second kappa shape index (κ2) is 11.0. The number of allylic oxidation sites excluding steroid dienone is 4. The van der Waals surface area contributed by atoms with Crippen molar-refractivity contribution in [1.29, 1.82) is 0 Å². The summed E-state index contributed by atoms with van der Waals surface area (Å²) in [6.07, 6.45) is 10.2. The Hall–Kier alpha value is -2.66. The van der Waals surface area contributed by atoms with E-state index in [1.165, 1.54) is 0 Å². The molecule has 5 nitrogen and oxygen atoms in total. The van der Waals surface area contributed by atoms with Crippen molar-refractivity contribution >= 4 is 11.6 Å². The third-order valence-corrected chi connectivity index (χ3v) is 5.94. The van der Waals surface area contributed by atoms with Crippen LogP contribution in [0.25, 0.3) is 0 Å². The van der Waals surface area contributed by atoms with Crippen LogP contribution >= 0.6 is 0 Å². The lowest BCUT2D eigenvalue weighted by molar-refractivity contribution is -0.157. The smallest absolute Gasteiger partial charge is 0.186 e. The predicted molar refractivity (Wildman–Crippen MR) is 132 cm³/mol. The van der Waals surface area contributed by atoms with E-state index in [0.717, 1.165) is 40.9 Å². The molecule has 1 aliphatic heterocycles. The lowest BCUT2D eigenvalue weighted by Crippen LogP contribution is -2.47. The standard InChI is InChI=1S/C28H38O5/c1-19(9-8-13-28(6)25(31)12-14-27(4,5)33-28)15-23(29)16-20(2)10-11-22-18-24(30)17-21(3)26(22)32-7/h10,12,14-15,17-18,30H,8-9,11,13,16H2,1-7H3/b19-15-,20-10+. The largest absolute Gasteiger partial charge is 0.508 e. The number of ketones is 2. The van der Waals surface area contributed by atoms with Gasteiger partial charge in [-0.1, -0.05) is 17.2 Å². The number of benzene rings is 1. The molecule has 0 aliphatic carbocycles. The van der Waals surface area contributed by atoms with Gasteiger partial charge in [0.05, 0.1) is 12.7 Å². The fourth-order valence-electron chi connectivity index (χ4n) is 4.30. The second-order valence-corrected chi connectivity index (χ2v) is 9.83. The van der Waals surface area contributed by atoms with Crippen molar-refractivity contribution in [2.24, 2.45) is 0 Å². The maximum Gasteiger partial charge on any atom is 0.186 e. The fourth-order valence-corrected chi connectivity index (χ4v) is 4.30. The van der Waals surface area contributed by atoms with Crippen LogP contribution in [0.15, 0.2) is 47.6 Å². The summed E-state index contributed by atoms with van der Waals surface area (Å²) < 4.78 is 11.5. The molecule has 1 atom stereocenters. The number of methoxy groups -OCH3 is 1. The average Bonchev–Trinajstić information content (AvgIpc) is 2.68. The van der Waals surface area contributed by atoms with Crippen molar-refractivity contribution < 1.29 is 24.2 Å². The third kappa shape index (κ3) is 7.71. The van der Waals surface area contributed by atoms with Gasteiger partial charge in [0, 0.05) is 12.0 Å². The molecule has 1 aromatic rings. The van der Waals surface area contributed by atoms with Gasteiger partial charge in [0.2, 0.25) is 0 Å². The Labute approximate surface area is 198 Å². The van der Waals surface area contributed by atoms with E-state index in [9.17, 15) is 14.7 Å². The molecule has 1 unspecified atom stereocenters. The van der Waals surface area contributed by atoms with Crippen LogP contribution in [0.4, 0.5) is 0 Å². The molecule has 0 saturated heterocycles. The highest BCUT2D eigenvalue weighted by Gasteiger charge is 2.40. The Morgan fingerprint density at radius 1 is 1.18 bits per heavy atom. The molecule has 5 heteroatoms. The number of hydrogen-bond donors (Lipinski definition) is 1. The third-order valence-electron chi connectivity index (χ3n) is 5.94. The van der Waals surface area contributed by atoms with E-state index in [0.29, 0.717) is 19.3 Å². The molecule has 1 aromatic carbocycles. The first-order valence-electron chi connectivity index (χ1n) is 11.5. The molecule has 180 valence electrons.